The Kier molecular flexibility index (Phi) is 6.83. The molecule has 0 aromatic carbocycles. The molecule has 0 aliphatic carbocycles. The van der Waals surface area contributed by atoms with Gasteiger partial charge in [0, 0.05) is 19.5 Å². The topological polar surface area (TPSA) is 142 Å². The summed E-state index contributed by atoms with van der Waals surface area (Å²) >= 11 is 0. The number of nitrogens with zero attached hydrogens (tertiary/aromatic N) is 4. The van der Waals surface area contributed by atoms with Gasteiger partial charge in [-0.15, -0.1) is 0 Å². The van der Waals surface area contributed by atoms with E-state index in [4.69, 9.17) is 10.5 Å². The van der Waals surface area contributed by atoms with Crippen molar-refractivity contribution < 1.29 is 31.8 Å². The van der Waals surface area contributed by atoms with Crippen molar-refractivity contribution >= 4 is 22.5 Å². The molecule has 3 aromatic rings. The van der Waals surface area contributed by atoms with Crippen molar-refractivity contribution in [3.8, 4) is 17.4 Å². The van der Waals surface area contributed by atoms with Gasteiger partial charge in [-0.2, -0.15) is 23.1 Å². The van der Waals surface area contributed by atoms with Gasteiger partial charge in [-0.05, 0) is 37.9 Å². The Bertz CT molecular complexity index is 1480. The van der Waals surface area contributed by atoms with E-state index in [2.05, 4.69) is 25.3 Å². The number of anilines is 2. The number of aromatic nitrogens is 4. The van der Waals surface area contributed by atoms with Gasteiger partial charge in [-0.25, -0.2) is 13.8 Å². The number of hydrogen-bond acceptors (Lipinski definition) is 9. The van der Waals surface area contributed by atoms with Crippen LogP contribution in [-0.2, 0) is 6.18 Å². The maximum atomic E-state index is 16.0. The van der Waals surface area contributed by atoms with Crippen LogP contribution in [0.4, 0.5) is 33.6 Å². The van der Waals surface area contributed by atoms with E-state index in [1.165, 1.54) is 0 Å². The van der Waals surface area contributed by atoms with E-state index in [9.17, 15) is 27.5 Å². The van der Waals surface area contributed by atoms with E-state index in [1.54, 1.807) is 0 Å². The summed E-state index contributed by atoms with van der Waals surface area (Å²) in [5.41, 5.74) is 0.118. The van der Waals surface area contributed by atoms with Crippen molar-refractivity contribution in [1.29, 1.82) is 0 Å². The minimum atomic E-state index is -4.94. The second kappa shape index (κ2) is 9.86. The van der Waals surface area contributed by atoms with Crippen molar-refractivity contribution in [2.75, 3.05) is 43.9 Å². The van der Waals surface area contributed by atoms with Crippen molar-refractivity contribution in [2.45, 2.75) is 44.1 Å². The summed E-state index contributed by atoms with van der Waals surface area (Å²) in [5, 5.41) is 11.5. The van der Waals surface area contributed by atoms with Crippen LogP contribution in [0.5, 0.6) is 6.01 Å². The number of nitrogens with two attached hydrogens (primary N) is 1. The summed E-state index contributed by atoms with van der Waals surface area (Å²) in [7, 11) is 0. The molecule has 210 valence electrons. The zero-order valence-electron chi connectivity index (χ0n) is 20.8. The van der Waals surface area contributed by atoms with Crippen molar-refractivity contribution in [1.82, 2.24) is 24.8 Å². The lowest BCUT2D eigenvalue weighted by molar-refractivity contribution is -0.137. The van der Waals surface area contributed by atoms with Gasteiger partial charge < -0.3 is 25.9 Å². The second-order valence-corrected chi connectivity index (χ2v) is 9.82. The van der Waals surface area contributed by atoms with Gasteiger partial charge in [-0.3, -0.25) is 9.69 Å². The fourth-order valence-corrected chi connectivity index (χ4v) is 5.58. The first-order valence-corrected chi connectivity index (χ1v) is 12.3. The molecule has 5 rings (SSSR count). The highest BCUT2D eigenvalue weighted by molar-refractivity contribution is 5.91. The molecule has 0 saturated carbocycles. The number of aromatic amines is 1. The number of pyridine rings is 2. The van der Waals surface area contributed by atoms with Crippen molar-refractivity contribution in [3.05, 3.63) is 33.4 Å². The van der Waals surface area contributed by atoms with Crippen LogP contribution in [0.25, 0.3) is 22.3 Å². The summed E-state index contributed by atoms with van der Waals surface area (Å²) < 4.78 is 77.7. The van der Waals surface area contributed by atoms with Crippen LogP contribution in [0.3, 0.4) is 0 Å². The molecule has 2 aliphatic heterocycles. The summed E-state index contributed by atoms with van der Waals surface area (Å²) in [6, 6.07) is 0.625. The quantitative estimate of drug-likeness (QED) is 0.324. The summed E-state index contributed by atoms with van der Waals surface area (Å²) in [4.78, 5) is 29.1. The second-order valence-electron chi connectivity index (χ2n) is 9.82. The van der Waals surface area contributed by atoms with Crippen LogP contribution in [0.2, 0.25) is 0 Å². The zero-order chi connectivity index (χ0) is 28.1. The number of fused-ring (bicyclic) bond motifs is 2. The first-order chi connectivity index (χ1) is 18.4. The molecular weight excluding hydrogens is 529 g/mol. The summed E-state index contributed by atoms with van der Waals surface area (Å²) in [6.45, 7) is 1.66. The Hall–Kier alpha value is -3.59. The van der Waals surface area contributed by atoms with Crippen LogP contribution in [0.1, 0.15) is 30.4 Å². The molecule has 5 N–H and O–H groups in total. The van der Waals surface area contributed by atoms with Crippen molar-refractivity contribution in [2.24, 2.45) is 0 Å². The number of aliphatic hydroxyl groups excluding tert-OH is 1. The third-order valence-electron chi connectivity index (χ3n) is 7.17. The fourth-order valence-electron chi connectivity index (χ4n) is 5.58. The summed E-state index contributed by atoms with van der Waals surface area (Å²) in [5.74, 6) is -1.81. The number of alkyl halides is 4. The Morgan fingerprint density at radius 1 is 1.33 bits per heavy atom. The highest BCUT2D eigenvalue weighted by atomic mass is 19.4. The predicted octanol–water partition coefficient (Wildman–Crippen LogP) is 2.79. The highest BCUT2D eigenvalue weighted by Crippen LogP contribution is 2.41. The summed E-state index contributed by atoms with van der Waals surface area (Å²) in [6.07, 6.45) is -4.19. The van der Waals surface area contributed by atoms with Crippen molar-refractivity contribution in [3.63, 3.8) is 0 Å². The number of nitrogen functional groups attached to an aromatic ring is 1. The third-order valence-corrected chi connectivity index (χ3v) is 7.17. The molecule has 0 bridgehead atoms. The molecule has 0 radical (unpaired) electrons. The first-order valence-electron chi connectivity index (χ1n) is 12.3. The van der Waals surface area contributed by atoms with E-state index in [0.717, 1.165) is 19.4 Å². The lowest BCUT2D eigenvalue weighted by atomic mass is 9.95. The molecule has 2 fully saturated rings. The largest absolute Gasteiger partial charge is 0.461 e. The van der Waals surface area contributed by atoms with Gasteiger partial charge in [0.15, 0.2) is 5.82 Å². The van der Waals surface area contributed by atoms with Crippen LogP contribution in [0.15, 0.2) is 10.9 Å². The van der Waals surface area contributed by atoms with Crippen LogP contribution >= 0.6 is 0 Å². The molecule has 15 heteroatoms. The first kappa shape index (κ1) is 27.0. The molecular formula is C24H26F5N7O3. The molecule has 2 aliphatic rings. The molecule has 5 heterocycles. The average Bonchev–Trinajstić information content (AvgIpc) is 3.37. The Labute approximate surface area is 218 Å². The van der Waals surface area contributed by atoms with E-state index in [-0.39, 0.29) is 55.9 Å². The lowest BCUT2D eigenvalue weighted by Crippen LogP contribution is -2.43. The van der Waals surface area contributed by atoms with Gasteiger partial charge in [0.25, 0.3) is 5.56 Å². The predicted molar refractivity (Wildman–Crippen MR) is 132 cm³/mol. The standard InChI is InChI=1S/C24H26F5N7O3/c1-11-7-13(30)32-18(15(11)24(27,28)29)19-16(26)17-14(21(38)33-19)20(31-4-6-37)35-22(34-17)39-10-23-3-2-5-36(23)9-12(25)8-23/h7,12,37H,2-6,8-10H2,1H3,(H2,30,32)(H,33,38)(H,31,34,35)/t12-,23+/m1/s1. The third kappa shape index (κ3) is 4.84. The molecule has 0 amide bonds. The minimum Gasteiger partial charge on any atom is -0.461 e. The molecule has 3 aromatic heterocycles. The van der Waals surface area contributed by atoms with Gasteiger partial charge in [0.05, 0.1) is 17.7 Å². The van der Waals surface area contributed by atoms with E-state index >= 15 is 4.39 Å². The average molecular weight is 556 g/mol. The number of H-pyrrole nitrogens is 1. The van der Waals surface area contributed by atoms with Gasteiger partial charge >= 0.3 is 12.2 Å². The zero-order valence-corrected chi connectivity index (χ0v) is 20.8. The monoisotopic (exact) mass is 555 g/mol. The maximum Gasteiger partial charge on any atom is 0.418 e. The van der Waals surface area contributed by atoms with E-state index in [0.29, 0.717) is 13.0 Å². The number of aryl methyl sites for hydroxylation is 1. The number of aliphatic hydroxyl groups is 1. The highest BCUT2D eigenvalue weighted by Gasteiger charge is 2.49. The maximum absolute atomic E-state index is 16.0. The number of halogens is 5. The normalized spacial score (nSPS) is 21.5. The number of ether oxygens (including phenoxy) is 1. The Balaban J connectivity index is 1.65. The van der Waals surface area contributed by atoms with Crippen LogP contribution in [-0.4, -0.2) is 74.5 Å². The SMILES string of the molecule is Cc1cc(N)nc(-c2[nH]c(=O)c3c(NCCO)nc(OC[C@@]45CCCN4C[C@H](F)C5)nc3c2F)c1C(F)(F)F. The smallest absolute Gasteiger partial charge is 0.418 e. The van der Waals surface area contributed by atoms with Gasteiger partial charge in [0.1, 0.15) is 46.7 Å². The minimum absolute atomic E-state index is 0.00970. The number of nitrogens with one attached hydrogen (secondary N) is 2. The van der Waals surface area contributed by atoms with E-state index in [1.807, 2.05) is 4.90 Å². The van der Waals surface area contributed by atoms with Gasteiger partial charge in [-0.1, -0.05) is 0 Å². The van der Waals surface area contributed by atoms with E-state index < -0.39 is 57.1 Å². The lowest BCUT2D eigenvalue weighted by Gasteiger charge is -2.30. The molecule has 0 spiro atoms. The molecule has 2 atom stereocenters. The van der Waals surface area contributed by atoms with Crippen LogP contribution in [0, 0.1) is 12.7 Å². The molecule has 10 nitrogen and oxygen atoms in total. The molecule has 39 heavy (non-hydrogen) atoms. The fraction of sp³-hybridized carbons (Fsp3) is 0.500. The van der Waals surface area contributed by atoms with Gasteiger partial charge in [0.2, 0.25) is 0 Å². The number of hydrogen-bond donors (Lipinski definition) is 4. The van der Waals surface area contributed by atoms with Crippen LogP contribution < -0.4 is 21.3 Å². The Morgan fingerprint density at radius 3 is 2.82 bits per heavy atom. The Morgan fingerprint density at radius 2 is 2.10 bits per heavy atom. The molecule has 0 unspecified atom stereocenters. The molecule has 2 saturated heterocycles. The number of rotatable bonds is 7.